The first-order chi connectivity index (χ1) is 8.86. The smallest absolute Gasteiger partial charge is 0.124 e. The Kier molecular flexibility index (Phi) is 5.02. The Morgan fingerprint density at radius 1 is 1.33 bits per heavy atom. The van der Waals surface area contributed by atoms with Crippen molar-refractivity contribution in [2.24, 2.45) is 0 Å². The van der Waals surface area contributed by atoms with Gasteiger partial charge in [-0.2, -0.15) is 0 Å². The van der Waals surface area contributed by atoms with Gasteiger partial charge in [0, 0.05) is 12.1 Å². The lowest BCUT2D eigenvalue weighted by atomic mass is 10.0. The second-order valence-corrected chi connectivity index (χ2v) is 4.67. The molecule has 1 aliphatic rings. The molecule has 0 radical (unpaired) electrons. The molecule has 1 aromatic carbocycles. The first kappa shape index (κ1) is 13.4. The molecule has 1 saturated heterocycles. The molecule has 1 aromatic rings. The largest absolute Gasteiger partial charge is 0.494 e. The molecule has 1 aliphatic heterocycles. The van der Waals surface area contributed by atoms with E-state index >= 15 is 0 Å². The molecule has 1 N–H and O–H groups in total. The lowest BCUT2D eigenvalue weighted by Crippen LogP contribution is -2.32. The summed E-state index contributed by atoms with van der Waals surface area (Å²) in [7, 11) is 0. The maximum atomic E-state index is 5.77. The molecule has 3 nitrogen and oxygen atoms in total. The molecule has 0 spiro atoms. The summed E-state index contributed by atoms with van der Waals surface area (Å²) < 4.78 is 5.77. The van der Waals surface area contributed by atoms with Gasteiger partial charge in [-0.05, 0) is 39.0 Å². The fraction of sp³-hybridized carbons (Fsp3) is 0.600. The average Bonchev–Trinajstić information content (AvgIpc) is 2.65. The standard InChI is InChI=1S/C15H24N2O/c1-3-17-11-7-10-16-12-14(17)13-8-5-6-9-15(13)18-4-2/h5-6,8-9,14,16H,3-4,7,10-12H2,1-2H3. The Bertz CT molecular complexity index is 367. The van der Waals surface area contributed by atoms with Gasteiger partial charge in [0.05, 0.1) is 12.6 Å². The molecule has 100 valence electrons. The van der Waals surface area contributed by atoms with Crippen LogP contribution in [0.15, 0.2) is 24.3 Å². The van der Waals surface area contributed by atoms with Crippen LogP contribution < -0.4 is 10.1 Å². The zero-order valence-corrected chi connectivity index (χ0v) is 11.5. The summed E-state index contributed by atoms with van der Waals surface area (Å²) in [6, 6.07) is 8.87. The van der Waals surface area contributed by atoms with E-state index in [4.69, 9.17) is 4.74 Å². The predicted molar refractivity (Wildman–Crippen MR) is 75.1 cm³/mol. The van der Waals surface area contributed by atoms with E-state index in [1.54, 1.807) is 0 Å². The van der Waals surface area contributed by atoms with E-state index < -0.39 is 0 Å². The molecule has 0 amide bonds. The molecule has 0 aliphatic carbocycles. The van der Waals surface area contributed by atoms with Crippen LogP contribution in [-0.2, 0) is 0 Å². The lowest BCUT2D eigenvalue weighted by molar-refractivity contribution is 0.215. The van der Waals surface area contributed by atoms with Gasteiger partial charge >= 0.3 is 0 Å². The normalized spacial score (nSPS) is 21.6. The number of para-hydroxylation sites is 1. The number of hydrogen-bond donors (Lipinski definition) is 1. The third kappa shape index (κ3) is 3.03. The quantitative estimate of drug-likeness (QED) is 0.885. The molecule has 1 fully saturated rings. The molecule has 1 unspecified atom stereocenters. The van der Waals surface area contributed by atoms with Crippen LogP contribution in [0.25, 0.3) is 0 Å². The lowest BCUT2D eigenvalue weighted by Gasteiger charge is -2.30. The van der Waals surface area contributed by atoms with Crippen LogP contribution in [0.5, 0.6) is 5.75 Å². The Morgan fingerprint density at radius 3 is 2.94 bits per heavy atom. The minimum absolute atomic E-state index is 0.431. The molecule has 18 heavy (non-hydrogen) atoms. The second-order valence-electron chi connectivity index (χ2n) is 4.67. The first-order valence-electron chi connectivity index (χ1n) is 7.03. The fourth-order valence-corrected chi connectivity index (χ4v) is 2.66. The summed E-state index contributed by atoms with van der Waals surface area (Å²) >= 11 is 0. The van der Waals surface area contributed by atoms with Gasteiger partial charge in [0.25, 0.3) is 0 Å². The minimum Gasteiger partial charge on any atom is -0.494 e. The third-order valence-electron chi connectivity index (χ3n) is 3.56. The van der Waals surface area contributed by atoms with Gasteiger partial charge in [0.1, 0.15) is 5.75 Å². The van der Waals surface area contributed by atoms with Gasteiger partial charge < -0.3 is 10.1 Å². The van der Waals surface area contributed by atoms with E-state index in [9.17, 15) is 0 Å². The topological polar surface area (TPSA) is 24.5 Å². The number of nitrogens with zero attached hydrogens (tertiary/aromatic N) is 1. The number of hydrogen-bond acceptors (Lipinski definition) is 3. The molecule has 0 saturated carbocycles. The molecule has 1 heterocycles. The highest BCUT2D eigenvalue weighted by atomic mass is 16.5. The number of benzene rings is 1. The van der Waals surface area contributed by atoms with Crippen molar-refractivity contribution < 1.29 is 4.74 Å². The van der Waals surface area contributed by atoms with Crippen molar-refractivity contribution in [2.75, 3.05) is 32.8 Å². The Balaban J connectivity index is 2.26. The van der Waals surface area contributed by atoms with Crippen LogP contribution in [-0.4, -0.2) is 37.7 Å². The van der Waals surface area contributed by atoms with Gasteiger partial charge in [-0.1, -0.05) is 25.1 Å². The zero-order chi connectivity index (χ0) is 12.8. The highest BCUT2D eigenvalue weighted by Crippen LogP contribution is 2.29. The van der Waals surface area contributed by atoms with E-state index in [1.165, 1.54) is 12.0 Å². The Hall–Kier alpha value is -1.06. The van der Waals surface area contributed by atoms with Crippen LogP contribution in [0.3, 0.4) is 0 Å². The predicted octanol–water partition coefficient (Wildman–Crippen LogP) is 2.44. The average molecular weight is 248 g/mol. The molecule has 0 bridgehead atoms. The van der Waals surface area contributed by atoms with Crippen LogP contribution in [0, 0.1) is 0 Å². The number of likely N-dealkylation sites (N-methyl/N-ethyl adjacent to an activating group) is 1. The summed E-state index contributed by atoms with van der Waals surface area (Å²) in [6.07, 6.45) is 1.22. The van der Waals surface area contributed by atoms with Crippen molar-refractivity contribution in [1.29, 1.82) is 0 Å². The van der Waals surface area contributed by atoms with E-state index in [0.29, 0.717) is 6.04 Å². The summed E-state index contributed by atoms with van der Waals surface area (Å²) in [6.45, 7) is 9.38. The summed E-state index contributed by atoms with van der Waals surface area (Å²) in [5.74, 6) is 1.03. The third-order valence-corrected chi connectivity index (χ3v) is 3.56. The summed E-state index contributed by atoms with van der Waals surface area (Å²) in [5.41, 5.74) is 1.32. The van der Waals surface area contributed by atoms with Crippen molar-refractivity contribution in [1.82, 2.24) is 10.2 Å². The van der Waals surface area contributed by atoms with Crippen LogP contribution in [0.4, 0.5) is 0 Å². The monoisotopic (exact) mass is 248 g/mol. The van der Waals surface area contributed by atoms with Crippen molar-refractivity contribution in [3.05, 3.63) is 29.8 Å². The van der Waals surface area contributed by atoms with Crippen molar-refractivity contribution in [3.63, 3.8) is 0 Å². The van der Waals surface area contributed by atoms with E-state index in [-0.39, 0.29) is 0 Å². The zero-order valence-electron chi connectivity index (χ0n) is 11.5. The van der Waals surface area contributed by atoms with Gasteiger partial charge in [-0.25, -0.2) is 0 Å². The van der Waals surface area contributed by atoms with Gasteiger partial charge in [0.2, 0.25) is 0 Å². The van der Waals surface area contributed by atoms with Gasteiger partial charge in [-0.3, -0.25) is 4.90 Å². The van der Waals surface area contributed by atoms with E-state index in [1.807, 2.05) is 6.92 Å². The first-order valence-corrected chi connectivity index (χ1v) is 7.03. The maximum Gasteiger partial charge on any atom is 0.124 e. The molecule has 3 heteroatoms. The Morgan fingerprint density at radius 2 is 2.17 bits per heavy atom. The van der Waals surface area contributed by atoms with Crippen LogP contribution in [0.2, 0.25) is 0 Å². The van der Waals surface area contributed by atoms with E-state index in [2.05, 4.69) is 41.4 Å². The number of nitrogens with one attached hydrogen (secondary N) is 1. The van der Waals surface area contributed by atoms with Crippen LogP contribution in [0.1, 0.15) is 31.9 Å². The van der Waals surface area contributed by atoms with E-state index in [0.717, 1.165) is 38.5 Å². The summed E-state index contributed by atoms with van der Waals surface area (Å²) in [4.78, 5) is 2.54. The summed E-state index contributed by atoms with van der Waals surface area (Å²) in [5, 5.41) is 3.53. The fourth-order valence-electron chi connectivity index (χ4n) is 2.66. The van der Waals surface area contributed by atoms with Gasteiger partial charge in [0.15, 0.2) is 0 Å². The highest BCUT2D eigenvalue weighted by molar-refractivity contribution is 5.36. The van der Waals surface area contributed by atoms with Crippen LogP contribution >= 0.6 is 0 Å². The maximum absolute atomic E-state index is 5.77. The van der Waals surface area contributed by atoms with Crippen molar-refractivity contribution in [3.8, 4) is 5.75 Å². The molecule has 1 atom stereocenters. The molecule has 2 rings (SSSR count). The van der Waals surface area contributed by atoms with Crippen molar-refractivity contribution >= 4 is 0 Å². The highest BCUT2D eigenvalue weighted by Gasteiger charge is 2.23. The second kappa shape index (κ2) is 6.76. The SMILES string of the molecule is CCOc1ccccc1C1CNCCCN1CC. The van der Waals surface area contributed by atoms with Crippen molar-refractivity contribution in [2.45, 2.75) is 26.3 Å². The minimum atomic E-state index is 0.431. The molecular formula is C15H24N2O. The number of ether oxygens (including phenoxy) is 1. The number of rotatable bonds is 4. The molecular weight excluding hydrogens is 224 g/mol. The Labute approximate surface area is 110 Å². The molecule has 0 aromatic heterocycles. The van der Waals surface area contributed by atoms with Gasteiger partial charge in [-0.15, -0.1) is 0 Å².